The molecule has 1 atom stereocenters. The average Bonchev–Trinajstić information content (AvgIpc) is 2.64. The minimum atomic E-state index is -3.68. The number of carbonyl (C=O) groups is 1. The molecule has 0 saturated carbocycles. The number of rotatable bonds is 5. The molecule has 0 spiro atoms. The quantitative estimate of drug-likeness (QED) is 0.736. The maximum atomic E-state index is 12.7. The highest BCUT2D eigenvalue weighted by molar-refractivity contribution is 7.92. The second kappa shape index (κ2) is 8.10. The van der Waals surface area contributed by atoms with Crippen LogP contribution in [0.3, 0.4) is 0 Å². The van der Waals surface area contributed by atoms with Crippen molar-refractivity contribution in [1.29, 1.82) is 0 Å². The molecule has 0 aliphatic carbocycles. The molecular formula is C20H25N3O3S. The molecule has 7 heteroatoms. The number of nitrogens with one attached hydrogen (secondary N) is 3. The number of benzene rings is 2. The summed E-state index contributed by atoms with van der Waals surface area (Å²) in [5.41, 5.74) is 2.50. The van der Waals surface area contributed by atoms with Gasteiger partial charge < -0.3 is 10.6 Å². The van der Waals surface area contributed by atoms with Crippen molar-refractivity contribution in [3.63, 3.8) is 0 Å². The standard InChI is InChI=1S/C20H25N3O3S/c1-14-5-6-15(2)19(12-14)27(25,26)23-17-9-7-16(8-10-17)20(24)22-18-4-3-11-21-13-18/h5-10,12,18,21,23H,3-4,11,13H2,1-2H3,(H,22,24)/t18-/m0/s1. The highest BCUT2D eigenvalue weighted by Gasteiger charge is 2.18. The van der Waals surface area contributed by atoms with Crippen LogP contribution in [0.5, 0.6) is 0 Å². The van der Waals surface area contributed by atoms with Crippen LogP contribution in [0, 0.1) is 13.8 Å². The Morgan fingerprint density at radius 1 is 1.11 bits per heavy atom. The first-order valence-corrected chi connectivity index (χ1v) is 10.6. The summed E-state index contributed by atoms with van der Waals surface area (Å²) in [5.74, 6) is -0.146. The Hall–Kier alpha value is -2.38. The molecule has 0 unspecified atom stereocenters. The van der Waals surface area contributed by atoms with Gasteiger partial charge in [0.1, 0.15) is 0 Å². The molecule has 1 heterocycles. The van der Waals surface area contributed by atoms with E-state index in [2.05, 4.69) is 15.4 Å². The third-order valence-corrected chi connectivity index (χ3v) is 6.19. The lowest BCUT2D eigenvalue weighted by atomic mass is 10.1. The lowest BCUT2D eigenvalue weighted by Gasteiger charge is -2.23. The Balaban J connectivity index is 1.69. The highest BCUT2D eigenvalue weighted by Crippen LogP contribution is 2.21. The zero-order valence-corrected chi connectivity index (χ0v) is 16.4. The summed E-state index contributed by atoms with van der Waals surface area (Å²) >= 11 is 0. The van der Waals surface area contributed by atoms with Crippen LogP contribution in [0.25, 0.3) is 0 Å². The van der Waals surface area contributed by atoms with Gasteiger partial charge in [-0.3, -0.25) is 9.52 Å². The predicted octanol–water partition coefficient (Wildman–Crippen LogP) is 2.59. The van der Waals surface area contributed by atoms with Gasteiger partial charge in [0.25, 0.3) is 15.9 Å². The van der Waals surface area contributed by atoms with E-state index >= 15 is 0 Å². The number of sulfonamides is 1. The molecule has 6 nitrogen and oxygen atoms in total. The van der Waals surface area contributed by atoms with Crippen molar-refractivity contribution < 1.29 is 13.2 Å². The van der Waals surface area contributed by atoms with Gasteiger partial charge >= 0.3 is 0 Å². The van der Waals surface area contributed by atoms with Gasteiger partial charge in [0.2, 0.25) is 0 Å². The van der Waals surface area contributed by atoms with Gasteiger partial charge in [-0.25, -0.2) is 8.42 Å². The van der Waals surface area contributed by atoms with Gasteiger partial charge in [0.05, 0.1) is 4.90 Å². The Morgan fingerprint density at radius 3 is 2.52 bits per heavy atom. The molecule has 0 bridgehead atoms. The second-order valence-corrected chi connectivity index (χ2v) is 8.62. The van der Waals surface area contributed by atoms with Gasteiger partial charge in [0.15, 0.2) is 0 Å². The van der Waals surface area contributed by atoms with Gasteiger partial charge in [-0.1, -0.05) is 12.1 Å². The van der Waals surface area contributed by atoms with Crippen molar-refractivity contribution in [1.82, 2.24) is 10.6 Å². The van der Waals surface area contributed by atoms with Crippen molar-refractivity contribution in [2.75, 3.05) is 17.8 Å². The molecule has 1 aliphatic heterocycles. The van der Waals surface area contributed by atoms with Crippen LogP contribution in [-0.4, -0.2) is 33.5 Å². The van der Waals surface area contributed by atoms with Crippen LogP contribution in [0.1, 0.15) is 34.3 Å². The summed E-state index contributed by atoms with van der Waals surface area (Å²) in [7, 11) is -3.68. The molecule has 144 valence electrons. The third-order valence-electron chi connectivity index (χ3n) is 4.66. The van der Waals surface area contributed by atoms with E-state index in [0.29, 0.717) is 16.8 Å². The summed E-state index contributed by atoms with van der Waals surface area (Å²) in [5, 5.41) is 6.26. The number of anilines is 1. The lowest BCUT2D eigenvalue weighted by molar-refractivity contribution is 0.0930. The number of aryl methyl sites for hydroxylation is 2. The zero-order chi connectivity index (χ0) is 19.4. The molecular weight excluding hydrogens is 362 g/mol. The van der Waals surface area contributed by atoms with E-state index in [9.17, 15) is 13.2 Å². The minimum Gasteiger partial charge on any atom is -0.348 e. The number of amides is 1. The zero-order valence-electron chi connectivity index (χ0n) is 15.6. The molecule has 2 aromatic carbocycles. The first-order chi connectivity index (χ1) is 12.8. The van der Waals surface area contributed by atoms with Crippen LogP contribution >= 0.6 is 0 Å². The largest absolute Gasteiger partial charge is 0.348 e. The van der Waals surface area contributed by atoms with Gasteiger partial charge in [0, 0.05) is 23.8 Å². The molecule has 27 heavy (non-hydrogen) atoms. The fourth-order valence-electron chi connectivity index (χ4n) is 3.14. The molecule has 1 saturated heterocycles. The van der Waals surface area contributed by atoms with Crippen LogP contribution < -0.4 is 15.4 Å². The molecule has 1 amide bonds. The van der Waals surface area contributed by atoms with E-state index in [4.69, 9.17) is 0 Å². The molecule has 3 N–H and O–H groups in total. The molecule has 1 aliphatic rings. The van der Waals surface area contributed by atoms with E-state index in [1.54, 1.807) is 43.3 Å². The Kier molecular flexibility index (Phi) is 5.82. The SMILES string of the molecule is Cc1ccc(C)c(S(=O)(=O)Nc2ccc(C(=O)N[C@H]3CCCNC3)cc2)c1. The first-order valence-electron chi connectivity index (χ1n) is 9.07. The molecule has 2 aromatic rings. The maximum Gasteiger partial charge on any atom is 0.262 e. The van der Waals surface area contributed by atoms with E-state index in [0.717, 1.165) is 31.5 Å². The normalized spacial score (nSPS) is 17.3. The summed E-state index contributed by atoms with van der Waals surface area (Å²) < 4.78 is 27.9. The summed E-state index contributed by atoms with van der Waals surface area (Å²) in [6, 6.07) is 11.9. The summed E-state index contributed by atoms with van der Waals surface area (Å²) in [6.45, 7) is 5.39. The summed E-state index contributed by atoms with van der Waals surface area (Å²) in [6.07, 6.45) is 2.01. The van der Waals surface area contributed by atoms with Crippen molar-refractivity contribution in [3.05, 3.63) is 59.2 Å². The minimum absolute atomic E-state index is 0.133. The summed E-state index contributed by atoms with van der Waals surface area (Å²) in [4.78, 5) is 12.6. The predicted molar refractivity (Wildman–Crippen MR) is 107 cm³/mol. The Labute approximate surface area is 160 Å². The molecule has 3 rings (SSSR count). The topological polar surface area (TPSA) is 87.3 Å². The van der Waals surface area contributed by atoms with Crippen molar-refractivity contribution in [3.8, 4) is 0 Å². The van der Waals surface area contributed by atoms with E-state index in [1.807, 2.05) is 13.0 Å². The molecule has 1 fully saturated rings. The number of hydrogen-bond donors (Lipinski definition) is 3. The van der Waals surface area contributed by atoms with Gasteiger partial charge in [-0.2, -0.15) is 0 Å². The van der Waals surface area contributed by atoms with Gasteiger partial charge in [-0.15, -0.1) is 0 Å². The Bertz CT molecular complexity index is 918. The highest BCUT2D eigenvalue weighted by atomic mass is 32.2. The smallest absolute Gasteiger partial charge is 0.262 e. The van der Waals surface area contributed by atoms with Crippen LogP contribution in [-0.2, 0) is 10.0 Å². The van der Waals surface area contributed by atoms with E-state index < -0.39 is 10.0 Å². The number of hydrogen-bond acceptors (Lipinski definition) is 4. The maximum absolute atomic E-state index is 12.7. The van der Waals surface area contributed by atoms with Gasteiger partial charge in [-0.05, 0) is 74.7 Å². The average molecular weight is 388 g/mol. The molecule has 0 radical (unpaired) electrons. The number of piperidine rings is 1. The van der Waals surface area contributed by atoms with E-state index in [-0.39, 0.29) is 16.8 Å². The van der Waals surface area contributed by atoms with Crippen LogP contribution in [0.15, 0.2) is 47.4 Å². The van der Waals surface area contributed by atoms with Crippen LogP contribution in [0.4, 0.5) is 5.69 Å². The lowest BCUT2D eigenvalue weighted by Crippen LogP contribution is -2.45. The van der Waals surface area contributed by atoms with Crippen LogP contribution in [0.2, 0.25) is 0 Å². The van der Waals surface area contributed by atoms with Crippen molar-refractivity contribution in [2.45, 2.75) is 37.6 Å². The second-order valence-electron chi connectivity index (χ2n) is 6.97. The molecule has 0 aromatic heterocycles. The van der Waals surface area contributed by atoms with E-state index in [1.165, 1.54) is 0 Å². The van der Waals surface area contributed by atoms with Crippen molar-refractivity contribution >= 4 is 21.6 Å². The Morgan fingerprint density at radius 2 is 1.85 bits per heavy atom. The monoisotopic (exact) mass is 387 g/mol. The number of carbonyl (C=O) groups excluding carboxylic acids is 1. The fraction of sp³-hybridized carbons (Fsp3) is 0.350. The van der Waals surface area contributed by atoms with Crippen molar-refractivity contribution in [2.24, 2.45) is 0 Å². The first kappa shape index (κ1) is 19.4. The fourth-order valence-corrected chi connectivity index (χ4v) is 4.53. The third kappa shape index (κ3) is 4.87.